The molecular weight excluding hydrogens is 470 g/mol. The van der Waals surface area contributed by atoms with Gasteiger partial charge in [0.2, 0.25) is 5.84 Å². The second-order valence-electron chi connectivity index (χ2n) is 10.7. The maximum absolute atomic E-state index is 6.01. The lowest BCUT2D eigenvalue weighted by atomic mass is 10.0. The van der Waals surface area contributed by atoms with Crippen LogP contribution < -0.4 is 11.1 Å². The minimum Gasteiger partial charge on any atom is -0.324 e. The third-order valence-electron chi connectivity index (χ3n) is 8.18. The SMILES string of the molecule is CC(N)c1ccc(-c2ccc(C3=CC4=NC=C[N@+]4(N4C[C@@H]5C[C@H]4CN5)C(Cc4ccccc4)=N3)cn2)cc1. The Balaban J connectivity index is 1.25. The number of aliphatic imine (C=N–C) groups is 2. The maximum atomic E-state index is 6.01. The number of aromatic nitrogens is 1. The van der Waals surface area contributed by atoms with Crippen molar-refractivity contribution in [3.63, 3.8) is 0 Å². The van der Waals surface area contributed by atoms with Gasteiger partial charge in [-0.1, -0.05) is 54.6 Å². The molecule has 190 valence electrons. The third kappa shape index (κ3) is 3.87. The Morgan fingerprint density at radius 3 is 2.55 bits per heavy atom. The average Bonchev–Trinajstić information content (AvgIpc) is 3.70. The van der Waals surface area contributed by atoms with E-state index in [4.69, 9.17) is 20.7 Å². The van der Waals surface area contributed by atoms with Gasteiger partial charge in [0.05, 0.1) is 36.6 Å². The van der Waals surface area contributed by atoms with Crippen molar-refractivity contribution >= 4 is 17.4 Å². The van der Waals surface area contributed by atoms with Crippen molar-refractivity contribution in [2.45, 2.75) is 37.9 Å². The average molecular weight is 503 g/mol. The van der Waals surface area contributed by atoms with E-state index in [1.165, 1.54) is 12.0 Å². The fraction of sp³-hybridized carbons (Fsp3) is 0.258. The van der Waals surface area contributed by atoms with Gasteiger partial charge in [0, 0.05) is 42.0 Å². The first-order chi connectivity index (χ1) is 18.6. The molecule has 4 atom stereocenters. The van der Waals surface area contributed by atoms with Gasteiger partial charge >= 0.3 is 0 Å². The molecule has 1 aromatic heterocycles. The first kappa shape index (κ1) is 23.4. The normalized spacial score (nSPS) is 26.6. The second-order valence-corrected chi connectivity index (χ2v) is 10.7. The molecule has 4 aliphatic rings. The van der Waals surface area contributed by atoms with Crippen LogP contribution in [0.25, 0.3) is 17.0 Å². The summed E-state index contributed by atoms with van der Waals surface area (Å²) in [4.78, 5) is 15.0. The molecule has 5 heterocycles. The van der Waals surface area contributed by atoms with E-state index in [0.717, 1.165) is 59.3 Å². The molecule has 0 amide bonds. The Morgan fingerprint density at radius 1 is 1.05 bits per heavy atom. The number of fused-ring (bicyclic) bond motifs is 3. The summed E-state index contributed by atoms with van der Waals surface area (Å²) in [6.45, 7) is 4.00. The van der Waals surface area contributed by atoms with Crippen LogP contribution in [-0.4, -0.2) is 51.4 Å². The lowest BCUT2D eigenvalue weighted by Crippen LogP contribution is -2.67. The van der Waals surface area contributed by atoms with Crippen molar-refractivity contribution in [2.75, 3.05) is 13.1 Å². The highest BCUT2D eigenvalue weighted by molar-refractivity contribution is 6.07. The summed E-state index contributed by atoms with van der Waals surface area (Å²) in [5.41, 5.74) is 12.3. The summed E-state index contributed by atoms with van der Waals surface area (Å²) in [6.07, 6.45) is 10.1. The molecule has 3 N–H and O–H groups in total. The number of benzene rings is 2. The smallest absolute Gasteiger partial charge is 0.260 e. The zero-order chi connectivity index (χ0) is 25.7. The summed E-state index contributed by atoms with van der Waals surface area (Å²) in [7, 11) is 0. The van der Waals surface area contributed by atoms with Crippen molar-refractivity contribution in [1.82, 2.24) is 15.3 Å². The maximum Gasteiger partial charge on any atom is 0.260 e. The number of nitrogens with one attached hydrogen (secondary N) is 1. The van der Waals surface area contributed by atoms with E-state index < -0.39 is 0 Å². The van der Waals surface area contributed by atoms with E-state index >= 15 is 0 Å². The number of hydrogen-bond acceptors (Lipinski definition) is 6. The second kappa shape index (κ2) is 9.22. The summed E-state index contributed by atoms with van der Waals surface area (Å²) in [5, 5.41) is 6.22. The highest BCUT2D eigenvalue weighted by Gasteiger charge is 2.56. The zero-order valence-electron chi connectivity index (χ0n) is 21.5. The van der Waals surface area contributed by atoms with E-state index in [-0.39, 0.29) is 6.04 Å². The van der Waals surface area contributed by atoms with Crippen LogP contribution in [-0.2, 0) is 6.42 Å². The molecule has 0 saturated carbocycles. The Bertz CT molecular complexity index is 1470. The number of nitrogens with zero attached hydrogens (tertiary/aromatic N) is 5. The Morgan fingerprint density at radius 2 is 1.87 bits per heavy atom. The molecule has 0 radical (unpaired) electrons. The van der Waals surface area contributed by atoms with Gasteiger partial charge in [0.1, 0.15) is 6.20 Å². The molecule has 7 rings (SSSR count). The predicted molar refractivity (Wildman–Crippen MR) is 152 cm³/mol. The van der Waals surface area contributed by atoms with Gasteiger partial charge in [-0.3, -0.25) is 4.98 Å². The van der Waals surface area contributed by atoms with Crippen LogP contribution >= 0.6 is 0 Å². The fourth-order valence-electron chi connectivity index (χ4n) is 6.14. The third-order valence-corrected chi connectivity index (χ3v) is 8.18. The summed E-state index contributed by atoms with van der Waals surface area (Å²) < 4.78 is 0.499. The largest absolute Gasteiger partial charge is 0.324 e. The molecule has 2 aromatic carbocycles. The molecule has 2 saturated heterocycles. The lowest BCUT2D eigenvalue weighted by molar-refractivity contribution is -0.834. The lowest BCUT2D eigenvalue weighted by Gasteiger charge is -2.43. The van der Waals surface area contributed by atoms with Crippen LogP contribution in [0.4, 0.5) is 0 Å². The van der Waals surface area contributed by atoms with Crippen LogP contribution in [0.15, 0.2) is 101 Å². The molecule has 2 fully saturated rings. The Labute approximate surface area is 223 Å². The topological polar surface area (TPSA) is 78.9 Å². The van der Waals surface area contributed by atoms with Crippen LogP contribution in [0.5, 0.6) is 0 Å². The van der Waals surface area contributed by atoms with E-state index in [9.17, 15) is 0 Å². The monoisotopic (exact) mass is 502 g/mol. The van der Waals surface area contributed by atoms with Gasteiger partial charge in [-0.15, -0.1) is 9.60 Å². The van der Waals surface area contributed by atoms with E-state index in [0.29, 0.717) is 16.7 Å². The number of rotatable bonds is 6. The summed E-state index contributed by atoms with van der Waals surface area (Å²) in [5.74, 6) is 2.08. The number of piperazine rings is 1. The number of pyridine rings is 1. The van der Waals surface area contributed by atoms with Gasteiger partial charge in [0.15, 0.2) is 0 Å². The number of hydrogen-bond donors (Lipinski definition) is 2. The highest BCUT2D eigenvalue weighted by atomic mass is 15.8. The first-order valence-electron chi connectivity index (χ1n) is 13.4. The minimum absolute atomic E-state index is 0.0195. The quantitative estimate of drug-likeness (QED) is 0.489. The standard InChI is InChI=1S/C31H32N7/c1-21(32)23-7-9-24(10-8-23)28-12-11-25(18-35-28)29-17-30-33-13-14-38(30,37-20-26-16-27(37)19-34-26)31(36-29)15-22-5-3-2-4-6-22/h2-14,17-18,21,26-27,34H,15-16,19-20,32H2,1H3/q+1/t21?,26-,27-,38+/m0/s1. The van der Waals surface area contributed by atoms with Gasteiger partial charge in [-0.2, -0.15) is 9.98 Å². The molecule has 4 aliphatic heterocycles. The van der Waals surface area contributed by atoms with Gasteiger partial charge < -0.3 is 11.1 Å². The molecule has 3 aromatic rings. The van der Waals surface area contributed by atoms with E-state index in [1.54, 1.807) is 0 Å². The van der Waals surface area contributed by atoms with Crippen molar-refractivity contribution in [1.29, 1.82) is 0 Å². The number of amidine groups is 2. The number of nitrogens with two attached hydrogens (primary N) is 1. The van der Waals surface area contributed by atoms with E-state index in [2.05, 4.69) is 89.3 Å². The van der Waals surface area contributed by atoms with Crippen LogP contribution in [0.1, 0.15) is 36.1 Å². The molecule has 0 aliphatic carbocycles. The molecule has 2 bridgehead atoms. The summed E-state index contributed by atoms with van der Waals surface area (Å²) >= 11 is 0. The van der Waals surface area contributed by atoms with Crippen molar-refractivity contribution in [2.24, 2.45) is 15.7 Å². The minimum atomic E-state index is 0.0195. The molecule has 38 heavy (non-hydrogen) atoms. The first-order valence-corrected chi connectivity index (χ1v) is 13.4. The number of quaternary nitrogens is 1. The molecule has 7 nitrogen and oxygen atoms in total. The Hall–Kier alpha value is -3.75. The molecule has 0 spiro atoms. The van der Waals surface area contributed by atoms with Crippen LogP contribution in [0, 0.1) is 0 Å². The fourth-order valence-corrected chi connectivity index (χ4v) is 6.14. The van der Waals surface area contributed by atoms with Gasteiger partial charge in [-0.25, -0.2) is 0 Å². The highest BCUT2D eigenvalue weighted by Crippen LogP contribution is 2.38. The van der Waals surface area contributed by atoms with Crippen LogP contribution in [0.3, 0.4) is 0 Å². The molecule has 1 unspecified atom stereocenters. The van der Waals surface area contributed by atoms with Crippen LogP contribution in [0.2, 0.25) is 0 Å². The zero-order valence-corrected chi connectivity index (χ0v) is 21.5. The van der Waals surface area contributed by atoms with Crippen molar-refractivity contribution in [3.05, 3.63) is 108 Å². The van der Waals surface area contributed by atoms with Crippen molar-refractivity contribution in [3.8, 4) is 11.3 Å². The van der Waals surface area contributed by atoms with Gasteiger partial charge in [0.25, 0.3) is 5.84 Å². The van der Waals surface area contributed by atoms with Crippen molar-refractivity contribution < 1.29 is 4.59 Å². The molecular formula is C31H32N7+. The van der Waals surface area contributed by atoms with Gasteiger partial charge in [-0.05, 0) is 36.6 Å². The predicted octanol–water partition coefficient (Wildman–Crippen LogP) is 4.43. The Kier molecular flexibility index (Phi) is 5.67. The van der Waals surface area contributed by atoms with E-state index in [1.807, 2.05) is 19.3 Å². The molecule has 7 heteroatoms. The summed E-state index contributed by atoms with van der Waals surface area (Å²) in [6, 6.07) is 24.1.